The van der Waals surface area contributed by atoms with Crippen molar-refractivity contribution >= 4 is 51.2 Å². The van der Waals surface area contributed by atoms with Gasteiger partial charge in [0.25, 0.3) is 0 Å². The molecule has 0 spiro atoms. The normalized spacial score (nSPS) is 16.5. The van der Waals surface area contributed by atoms with Gasteiger partial charge in [-0.25, -0.2) is 0 Å². The van der Waals surface area contributed by atoms with Gasteiger partial charge in [0.1, 0.15) is 0 Å². The van der Waals surface area contributed by atoms with E-state index in [2.05, 4.69) is 35.2 Å². The first-order chi connectivity index (χ1) is 5.97. The second-order valence-corrected chi connectivity index (χ2v) is 3.38. The van der Waals surface area contributed by atoms with Crippen LogP contribution in [0.3, 0.4) is 0 Å². The zero-order valence-electron chi connectivity index (χ0n) is 7.37. The van der Waals surface area contributed by atoms with Crippen LogP contribution in [0.15, 0.2) is 30.3 Å². The fourth-order valence-corrected chi connectivity index (χ4v) is 1.79. The van der Waals surface area contributed by atoms with Gasteiger partial charge in [-0.05, 0) is 31.4 Å². The summed E-state index contributed by atoms with van der Waals surface area (Å²) in [7, 11) is 0. The van der Waals surface area contributed by atoms with Crippen molar-refractivity contribution in [2.24, 2.45) is 0 Å². The van der Waals surface area contributed by atoms with Crippen LogP contribution in [0, 0.1) is 0 Å². The molecule has 1 aromatic carbocycles. The Bertz CT molecular complexity index is 229. The number of piperidine rings is 1. The maximum atomic E-state index is 2.48. The topological polar surface area (TPSA) is 3.24 Å². The smallest absolute Gasteiger partial charge is 0.0366 e. The maximum Gasteiger partial charge on any atom is 0.0366 e. The van der Waals surface area contributed by atoms with Crippen LogP contribution in [0.1, 0.15) is 19.3 Å². The molecule has 0 bridgehead atoms. The number of para-hydroxylation sites is 1. The van der Waals surface area contributed by atoms with Gasteiger partial charge >= 0.3 is 45.5 Å². The SMILES string of the molecule is [SrH2].c1ccc(N2CCCCC2)cc1. The molecule has 2 rings (SSSR count). The summed E-state index contributed by atoms with van der Waals surface area (Å²) in [5.41, 5.74) is 1.39. The van der Waals surface area contributed by atoms with Gasteiger partial charge in [-0.15, -0.1) is 0 Å². The van der Waals surface area contributed by atoms with E-state index in [0.717, 1.165) is 0 Å². The zero-order valence-corrected chi connectivity index (χ0v) is 7.37. The first-order valence-electron chi connectivity index (χ1n) is 4.77. The number of benzene rings is 1. The van der Waals surface area contributed by atoms with Gasteiger partial charge in [-0.2, -0.15) is 0 Å². The van der Waals surface area contributed by atoms with Gasteiger partial charge in [-0.1, -0.05) is 18.2 Å². The monoisotopic (exact) mass is 251 g/mol. The molecule has 0 radical (unpaired) electrons. The van der Waals surface area contributed by atoms with E-state index in [0.29, 0.717) is 0 Å². The first-order valence-corrected chi connectivity index (χ1v) is 4.77. The van der Waals surface area contributed by atoms with Crippen LogP contribution in [0.5, 0.6) is 0 Å². The summed E-state index contributed by atoms with van der Waals surface area (Å²) in [5, 5.41) is 0. The van der Waals surface area contributed by atoms with Crippen molar-refractivity contribution in [3.8, 4) is 0 Å². The minimum Gasteiger partial charge on any atom is -0.372 e. The predicted octanol–water partition coefficient (Wildman–Crippen LogP) is 1.76. The molecule has 1 heterocycles. The molecule has 2 heteroatoms. The molecule has 0 amide bonds. The van der Waals surface area contributed by atoms with E-state index in [-0.39, 0.29) is 45.5 Å². The summed E-state index contributed by atoms with van der Waals surface area (Å²) in [6.07, 6.45) is 4.12. The van der Waals surface area contributed by atoms with Gasteiger partial charge in [-0.3, -0.25) is 0 Å². The molecular formula is C11H17NSr. The molecule has 1 saturated heterocycles. The number of rotatable bonds is 1. The standard InChI is InChI=1S/C11H15N.Sr.2H/c1-3-7-11(8-4-1)12-9-5-2-6-10-12;;;/h1,3-4,7-8H,2,5-6,9-10H2;;;. The Morgan fingerprint density at radius 1 is 0.846 bits per heavy atom. The third-order valence-corrected chi connectivity index (χ3v) is 2.48. The van der Waals surface area contributed by atoms with E-state index in [1.54, 1.807) is 0 Å². The summed E-state index contributed by atoms with van der Waals surface area (Å²) >= 11 is 0. The molecule has 0 saturated carbocycles. The van der Waals surface area contributed by atoms with Crippen molar-refractivity contribution < 1.29 is 0 Å². The minimum atomic E-state index is 0. The number of nitrogens with zero attached hydrogens (tertiary/aromatic N) is 1. The molecule has 1 aliphatic heterocycles. The minimum absolute atomic E-state index is 0. The Kier molecular flexibility index (Phi) is 5.41. The molecule has 1 fully saturated rings. The number of hydrogen-bond acceptors (Lipinski definition) is 1. The first kappa shape index (κ1) is 11.6. The summed E-state index contributed by atoms with van der Waals surface area (Å²) in [6.45, 7) is 2.48. The molecule has 1 aromatic rings. The van der Waals surface area contributed by atoms with Gasteiger partial charge in [0.2, 0.25) is 0 Å². The van der Waals surface area contributed by atoms with Crippen molar-refractivity contribution in [2.75, 3.05) is 18.0 Å². The average Bonchev–Trinajstić information content (AvgIpc) is 2.21. The zero-order chi connectivity index (χ0) is 8.23. The van der Waals surface area contributed by atoms with Crippen LogP contribution in [-0.4, -0.2) is 58.6 Å². The average molecular weight is 251 g/mol. The molecular weight excluding hydrogens is 234 g/mol. The van der Waals surface area contributed by atoms with Gasteiger partial charge < -0.3 is 4.90 Å². The van der Waals surface area contributed by atoms with Crippen LogP contribution >= 0.6 is 0 Å². The Hall–Kier alpha value is 0.501. The van der Waals surface area contributed by atoms with E-state index in [1.807, 2.05) is 0 Å². The molecule has 1 nitrogen and oxygen atoms in total. The Balaban J connectivity index is 0.000000845. The van der Waals surface area contributed by atoms with Gasteiger partial charge in [0.15, 0.2) is 0 Å². The second-order valence-electron chi connectivity index (χ2n) is 3.38. The quantitative estimate of drug-likeness (QED) is 0.687. The Morgan fingerprint density at radius 3 is 2.08 bits per heavy atom. The van der Waals surface area contributed by atoms with Crippen molar-refractivity contribution in [3.05, 3.63) is 30.3 Å². The van der Waals surface area contributed by atoms with Crippen LogP contribution in [-0.2, 0) is 0 Å². The van der Waals surface area contributed by atoms with Crippen molar-refractivity contribution in [1.82, 2.24) is 0 Å². The van der Waals surface area contributed by atoms with Crippen LogP contribution in [0.4, 0.5) is 5.69 Å². The van der Waals surface area contributed by atoms with Gasteiger partial charge in [0.05, 0.1) is 0 Å². The fourth-order valence-electron chi connectivity index (χ4n) is 1.79. The second kappa shape index (κ2) is 6.07. The number of hydrogen-bond donors (Lipinski definition) is 0. The summed E-state index contributed by atoms with van der Waals surface area (Å²) < 4.78 is 0. The van der Waals surface area contributed by atoms with E-state index >= 15 is 0 Å². The van der Waals surface area contributed by atoms with E-state index in [4.69, 9.17) is 0 Å². The molecule has 0 unspecified atom stereocenters. The third kappa shape index (κ3) is 3.28. The Morgan fingerprint density at radius 2 is 1.46 bits per heavy atom. The van der Waals surface area contributed by atoms with Gasteiger partial charge in [0, 0.05) is 18.8 Å². The Labute approximate surface area is 117 Å². The predicted molar refractivity (Wildman–Crippen MR) is 61.1 cm³/mol. The van der Waals surface area contributed by atoms with Crippen LogP contribution in [0.25, 0.3) is 0 Å². The van der Waals surface area contributed by atoms with E-state index in [9.17, 15) is 0 Å². The molecule has 0 aromatic heterocycles. The largest absolute Gasteiger partial charge is 0.372 e. The molecule has 0 aliphatic carbocycles. The van der Waals surface area contributed by atoms with E-state index in [1.165, 1.54) is 38.0 Å². The van der Waals surface area contributed by atoms with Crippen LogP contribution < -0.4 is 4.90 Å². The molecule has 0 N–H and O–H groups in total. The van der Waals surface area contributed by atoms with Crippen molar-refractivity contribution in [3.63, 3.8) is 0 Å². The molecule has 68 valence electrons. The van der Waals surface area contributed by atoms with Crippen molar-refractivity contribution in [2.45, 2.75) is 19.3 Å². The summed E-state index contributed by atoms with van der Waals surface area (Å²) in [5.74, 6) is 0. The fraction of sp³-hybridized carbons (Fsp3) is 0.455. The summed E-state index contributed by atoms with van der Waals surface area (Å²) in [4.78, 5) is 2.48. The third-order valence-electron chi connectivity index (χ3n) is 2.48. The van der Waals surface area contributed by atoms with E-state index < -0.39 is 0 Å². The van der Waals surface area contributed by atoms with Crippen LogP contribution in [0.2, 0.25) is 0 Å². The molecule has 13 heavy (non-hydrogen) atoms. The van der Waals surface area contributed by atoms with Crippen molar-refractivity contribution in [1.29, 1.82) is 0 Å². The molecule has 0 atom stereocenters. The molecule has 1 aliphatic rings. The maximum absolute atomic E-state index is 2.48. The number of anilines is 1. The summed E-state index contributed by atoms with van der Waals surface area (Å²) in [6, 6.07) is 10.7.